The Balaban J connectivity index is 0.936. The largest absolute Gasteiger partial charge is 0.309 e. The van der Waals surface area contributed by atoms with E-state index < -0.39 is 0 Å². The summed E-state index contributed by atoms with van der Waals surface area (Å²) >= 11 is 0. The standard InChI is InChI=1S/C90H54N8/c91-55-57-49-89(97-85-50-58(93-77-33-12-4-23-62(77)63-24-5-13-34-78(63)93)41-45-70(85)71-46-42-59(51-86(71)97)94-79-35-14-6-25-64(79)65-26-7-15-36-80(65)94)90(54-74(57)76-32-20-31-75(92-76)56-21-2-1-3-22-56)98-87-52-60(95-81-37-16-8-27-66(81)67-28-9-17-38-82(67)95)43-47-72(87)73-48-44-61(53-88(73)98)96-83-39-18-10-29-68(83)69-30-11-19-40-84(69)96/h1-54H. The predicted molar refractivity (Wildman–Crippen MR) is 406 cm³/mol. The fourth-order valence-corrected chi connectivity index (χ4v) is 16.5. The number of hydrogen-bond donors (Lipinski definition) is 0. The Morgan fingerprint density at radius 2 is 0.480 bits per heavy atom. The average molecular weight is 1250 g/mol. The summed E-state index contributed by atoms with van der Waals surface area (Å²) in [6, 6.07) is 121. The molecule has 0 aliphatic heterocycles. The molecule has 0 spiro atoms. The Labute approximate surface area is 561 Å². The smallest absolute Gasteiger partial charge is 0.0999 e. The van der Waals surface area contributed by atoms with Crippen LogP contribution < -0.4 is 0 Å². The van der Waals surface area contributed by atoms with Crippen LogP contribution >= 0.6 is 0 Å². The van der Waals surface area contributed by atoms with E-state index in [2.05, 4.69) is 343 Å². The minimum absolute atomic E-state index is 0.492. The molecule has 7 aromatic heterocycles. The van der Waals surface area contributed by atoms with Gasteiger partial charge in [-0.3, -0.25) is 0 Å². The first-order valence-corrected chi connectivity index (χ1v) is 33.3. The maximum absolute atomic E-state index is 12.0. The van der Waals surface area contributed by atoms with Crippen LogP contribution in [0.4, 0.5) is 0 Å². The second-order valence-corrected chi connectivity index (χ2v) is 25.7. The van der Waals surface area contributed by atoms with Crippen LogP contribution in [0, 0.1) is 11.3 Å². The molecule has 14 aromatic carbocycles. The SMILES string of the molecule is N#Cc1cc(-n2c3cc(-n4c5ccccc5c5ccccc54)ccc3c3ccc(-n4c5ccccc5c5ccccc54)cc32)c(-n2c3cc(-n4c5ccccc5c5ccccc54)ccc3c3ccc(-n4c5ccccc5c5ccccc54)cc32)cc1-c1cccc(-c2ccccc2)n1. The van der Waals surface area contributed by atoms with Crippen LogP contribution in [0.1, 0.15) is 5.56 Å². The van der Waals surface area contributed by atoms with Gasteiger partial charge in [-0.15, -0.1) is 0 Å². The van der Waals surface area contributed by atoms with Gasteiger partial charge in [0.2, 0.25) is 0 Å². The van der Waals surface area contributed by atoms with Crippen molar-refractivity contribution in [3.05, 3.63) is 333 Å². The maximum Gasteiger partial charge on any atom is 0.0999 e. The molecule has 0 radical (unpaired) electrons. The zero-order chi connectivity index (χ0) is 64.3. The van der Waals surface area contributed by atoms with Crippen LogP contribution in [0.25, 0.3) is 187 Å². The number of hydrogen-bond acceptors (Lipinski definition) is 2. The lowest BCUT2D eigenvalue weighted by molar-refractivity contribution is 1.08. The minimum Gasteiger partial charge on any atom is -0.309 e. The molecule has 98 heavy (non-hydrogen) atoms. The van der Waals surface area contributed by atoms with Gasteiger partial charge in [0.25, 0.3) is 0 Å². The van der Waals surface area contributed by atoms with E-state index in [9.17, 15) is 5.26 Å². The molecule has 8 heteroatoms. The summed E-state index contributed by atoms with van der Waals surface area (Å²) < 4.78 is 14.6. The van der Waals surface area contributed by atoms with Crippen molar-refractivity contribution in [2.75, 3.05) is 0 Å². The van der Waals surface area contributed by atoms with Crippen molar-refractivity contribution in [3.8, 4) is 62.7 Å². The van der Waals surface area contributed by atoms with Gasteiger partial charge >= 0.3 is 0 Å². The number of aromatic nitrogens is 7. The highest BCUT2D eigenvalue weighted by atomic mass is 15.1. The highest BCUT2D eigenvalue weighted by molar-refractivity contribution is 6.17. The molecule has 21 rings (SSSR count). The van der Waals surface area contributed by atoms with Crippen molar-refractivity contribution in [2.24, 2.45) is 0 Å². The molecule has 0 bridgehead atoms. The molecule has 0 unspecified atom stereocenters. The molecule has 454 valence electrons. The third-order valence-corrected chi connectivity index (χ3v) is 20.6. The molecular weight excluding hydrogens is 1190 g/mol. The summed E-state index contributed by atoms with van der Waals surface area (Å²) in [5.74, 6) is 0. The normalized spacial score (nSPS) is 12.1. The fraction of sp³-hybridized carbons (Fsp3) is 0. The van der Waals surface area contributed by atoms with Crippen molar-refractivity contribution in [2.45, 2.75) is 0 Å². The zero-order valence-electron chi connectivity index (χ0n) is 52.8. The molecule has 8 nitrogen and oxygen atoms in total. The minimum atomic E-state index is 0.492. The van der Waals surface area contributed by atoms with E-state index >= 15 is 0 Å². The van der Waals surface area contributed by atoms with Crippen molar-refractivity contribution >= 4 is 131 Å². The number of para-hydroxylation sites is 8. The Hall–Kier alpha value is -13.5. The number of nitriles is 1. The molecule has 0 atom stereocenters. The first-order chi connectivity index (χ1) is 48.6. The number of benzene rings is 14. The van der Waals surface area contributed by atoms with Crippen LogP contribution in [0.2, 0.25) is 0 Å². The van der Waals surface area contributed by atoms with Gasteiger partial charge in [0.1, 0.15) is 0 Å². The lowest BCUT2D eigenvalue weighted by Gasteiger charge is -2.20. The summed E-state index contributed by atoms with van der Waals surface area (Å²) in [6.45, 7) is 0. The summed E-state index contributed by atoms with van der Waals surface area (Å²) in [5, 5.41) is 25.9. The fourth-order valence-electron chi connectivity index (χ4n) is 16.5. The van der Waals surface area contributed by atoms with Gasteiger partial charge in [-0.1, -0.05) is 206 Å². The van der Waals surface area contributed by atoms with E-state index in [4.69, 9.17) is 4.98 Å². The second-order valence-electron chi connectivity index (χ2n) is 25.7. The number of nitrogens with zero attached hydrogens (tertiary/aromatic N) is 8. The zero-order valence-corrected chi connectivity index (χ0v) is 52.8. The number of rotatable bonds is 8. The number of fused-ring (bicyclic) bond motifs is 18. The van der Waals surface area contributed by atoms with E-state index in [-0.39, 0.29) is 0 Å². The van der Waals surface area contributed by atoms with Gasteiger partial charge in [0.15, 0.2) is 0 Å². The summed E-state index contributed by atoms with van der Waals surface area (Å²) in [6.07, 6.45) is 0. The van der Waals surface area contributed by atoms with E-state index in [1.165, 1.54) is 43.1 Å². The molecule has 0 saturated heterocycles. The Kier molecular flexibility index (Phi) is 11.4. The van der Waals surface area contributed by atoms with Gasteiger partial charge in [-0.25, -0.2) is 4.98 Å². The van der Waals surface area contributed by atoms with Crippen LogP contribution in [-0.2, 0) is 0 Å². The topological polar surface area (TPSA) is 66.3 Å². The Bertz CT molecular complexity index is 6460. The molecule has 0 saturated carbocycles. The van der Waals surface area contributed by atoms with Crippen LogP contribution in [0.15, 0.2) is 328 Å². The van der Waals surface area contributed by atoms with E-state index in [0.29, 0.717) is 16.8 Å². The first-order valence-electron chi connectivity index (χ1n) is 33.3. The molecule has 7 heterocycles. The highest BCUT2D eigenvalue weighted by Gasteiger charge is 2.27. The Morgan fingerprint density at radius 3 is 0.786 bits per heavy atom. The van der Waals surface area contributed by atoms with Crippen LogP contribution in [-0.4, -0.2) is 32.4 Å². The molecule has 0 aliphatic carbocycles. The van der Waals surface area contributed by atoms with Gasteiger partial charge < -0.3 is 27.4 Å². The van der Waals surface area contributed by atoms with Gasteiger partial charge in [-0.2, -0.15) is 5.26 Å². The molecular formula is C90H54N8. The molecule has 21 aromatic rings. The number of pyridine rings is 1. The molecule has 0 aliphatic rings. The van der Waals surface area contributed by atoms with Crippen LogP contribution in [0.3, 0.4) is 0 Å². The van der Waals surface area contributed by atoms with E-state index in [0.717, 1.165) is 133 Å². The van der Waals surface area contributed by atoms with Crippen molar-refractivity contribution in [1.82, 2.24) is 32.4 Å². The second kappa shape index (κ2) is 20.8. The lowest BCUT2D eigenvalue weighted by atomic mass is 10.0. The lowest BCUT2D eigenvalue weighted by Crippen LogP contribution is -2.07. The monoisotopic (exact) mass is 1250 g/mol. The third-order valence-electron chi connectivity index (χ3n) is 20.6. The summed E-state index contributed by atoms with van der Waals surface area (Å²) in [7, 11) is 0. The van der Waals surface area contributed by atoms with Gasteiger partial charge in [0.05, 0.1) is 101 Å². The van der Waals surface area contributed by atoms with Crippen molar-refractivity contribution in [3.63, 3.8) is 0 Å². The van der Waals surface area contributed by atoms with Gasteiger partial charge in [0, 0.05) is 98.5 Å². The summed E-state index contributed by atoms with van der Waals surface area (Å²) in [4.78, 5) is 5.47. The molecule has 0 fully saturated rings. The average Bonchev–Trinajstić information content (AvgIpc) is 1.52. The third kappa shape index (κ3) is 7.72. The Morgan fingerprint density at radius 1 is 0.214 bits per heavy atom. The van der Waals surface area contributed by atoms with E-state index in [1.54, 1.807) is 0 Å². The van der Waals surface area contributed by atoms with Crippen molar-refractivity contribution in [1.29, 1.82) is 5.26 Å². The summed E-state index contributed by atoms with van der Waals surface area (Å²) in [5.41, 5.74) is 22.4. The van der Waals surface area contributed by atoms with Crippen molar-refractivity contribution < 1.29 is 0 Å². The predicted octanol–water partition coefficient (Wildman–Crippen LogP) is 22.9. The van der Waals surface area contributed by atoms with E-state index in [1.807, 2.05) is 18.2 Å². The first kappa shape index (κ1) is 54.0. The molecule has 0 N–H and O–H groups in total. The van der Waals surface area contributed by atoms with Gasteiger partial charge in [-0.05, 0) is 121 Å². The quantitative estimate of drug-likeness (QED) is 0.152. The maximum atomic E-state index is 12.0. The highest BCUT2D eigenvalue weighted by Crippen LogP contribution is 2.46. The van der Waals surface area contributed by atoms with Crippen LogP contribution in [0.5, 0.6) is 0 Å². The molecule has 0 amide bonds.